The number of benzene rings is 1. The molecule has 0 radical (unpaired) electrons. The van der Waals surface area contributed by atoms with Gasteiger partial charge in [0.25, 0.3) is 5.91 Å². The first-order valence-electron chi connectivity index (χ1n) is 7.43. The van der Waals surface area contributed by atoms with Crippen molar-refractivity contribution in [2.45, 2.75) is 32.6 Å². The zero-order valence-electron chi connectivity index (χ0n) is 12.5. The second kappa shape index (κ2) is 5.72. The number of nitrogens with zero attached hydrogens (tertiary/aromatic N) is 2. The molecular weight excluding hydrogens is 264 g/mol. The summed E-state index contributed by atoms with van der Waals surface area (Å²) >= 11 is 0. The molecule has 21 heavy (non-hydrogen) atoms. The van der Waals surface area contributed by atoms with E-state index in [4.69, 9.17) is 4.52 Å². The Kier molecular flexibility index (Phi) is 3.78. The zero-order valence-corrected chi connectivity index (χ0v) is 12.5. The number of carbonyl (C=O) groups is 1. The van der Waals surface area contributed by atoms with Crippen LogP contribution in [0.5, 0.6) is 0 Å². The van der Waals surface area contributed by atoms with Crippen molar-refractivity contribution in [2.75, 3.05) is 13.1 Å². The maximum Gasteiger partial charge on any atom is 0.259 e. The highest BCUT2D eigenvalue weighted by Crippen LogP contribution is 2.29. The summed E-state index contributed by atoms with van der Waals surface area (Å²) in [4.78, 5) is 14.5. The molecule has 4 heteroatoms. The van der Waals surface area contributed by atoms with Gasteiger partial charge in [0, 0.05) is 19.0 Å². The first kappa shape index (κ1) is 13.9. The summed E-state index contributed by atoms with van der Waals surface area (Å²) < 4.78 is 5.01. The molecule has 110 valence electrons. The molecule has 2 heterocycles. The van der Waals surface area contributed by atoms with E-state index >= 15 is 0 Å². The van der Waals surface area contributed by atoms with Gasteiger partial charge in [0.15, 0.2) is 0 Å². The molecule has 0 N–H and O–H groups in total. The maximum absolute atomic E-state index is 12.6. The molecule has 1 aliphatic rings. The summed E-state index contributed by atoms with van der Waals surface area (Å²) in [6, 6.07) is 8.46. The van der Waals surface area contributed by atoms with Gasteiger partial charge in [-0.2, -0.15) is 0 Å². The first-order valence-corrected chi connectivity index (χ1v) is 7.43. The number of amides is 1. The van der Waals surface area contributed by atoms with Crippen molar-refractivity contribution in [1.29, 1.82) is 0 Å². The number of likely N-dealkylation sites (tertiary alicyclic amines) is 1. The van der Waals surface area contributed by atoms with Crippen molar-refractivity contribution in [3.63, 3.8) is 0 Å². The molecule has 1 saturated heterocycles. The Morgan fingerprint density at radius 1 is 1.33 bits per heavy atom. The van der Waals surface area contributed by atoms with Gasteiger partial charge in [0.05, 0.1) is 6.20 Å². The van der Waals surface area contributed by atoms with Crippen LogP contribution in [0.15, 0.2) is 35.0 Å². The summed E-state index contributed by atoms with van der Waals surface area (Å²) in [5, 5.41) is 3.71. The van der Waals surface area contributed by atoms with Crippen LogP contribution in [0, 0.1) is 13.8 Å². The number of aromatic nitrogens is 1. The van der Waals surface area contributed by atoms with Crippen LogP contribution in [0.4, 0.5) is 0 Å². The molecule has 1 aromatic heterocycles. The Bertz CT molecular complexity index is 648. The van der Waals surface area contributed by atoms with Gasteiger partial charge in [-0.1, -0.05) is 29.4 Å². The van der Waals surface area contributed by atoms with E-state index in [0.717, 1.165) is 25.9 Å². The Hall–Kier alpha value is -2.10. The fourth-order valence-electron chi connectivity index (χ4n) is 3.13. The molecule has 2 aromatic rings. The smallest absolute Gasteiger partial charge is 0.259 e. The van der Waals surface area contributed by atoms with Gasteiger partial charge in [0.2, 0.25) is 0 Å². The number of hydrogen-bond donors (Lipinski definition) is 0. The predicted molar refractivity (Wildman–Crippen MR) is 80.3 cm³/mol. The second-order valence-electron chi connectivity index (χ2n) is 5.74. The van der Waals surface area contributed by atoms with Crippen LogP contribution in [0.25, 0.3) is 0 Å². The van der Waals surface area contributed by atoms with E-state index in [1.807, 2.05) is 4.90 Å². The number of hydrogen-bond acceptors (Lipinski definition) is 3. The average molecular weight is 284 g/mol. The Morgan fingerprint density at radius 3 is 2.86 bits per heavy atom. The summed E-state index contributed by atoms with van der Waals surface area (Å²) in [6.07, 6.45) is 3.70. The molecule has 1 unspecified atom stereocenters. The lowest BCUT2D eigenvalue weighted by Crippen LogP contribution is -2.39. The molecule has 3 rings (SSSR count). The minimum Gasteiger partial charge on any atom is -0.361 e. The largest absolute Gasteiger partial charge is 0.361 e. The van der Waals surface area contributed by atoms with Gasteiger partial charge in [-0.05, 0) is 37.8 Å². The molecule has 4 nitrogen and oxygen atoms in total. The van der Waals surface area contributed by atoms with Crippen molar-refractivity contribution < 1.29 is 9.32 Å². The topological polar surface area (TPSA) is 46.3 Å². The lowest BCUT2D eigenvalue weighted by atomic mass is 9.88. The van der Waals surface area contributed by atoms with Crippen molar-refractivity contribution >= 4 is 5.91 Å². The van der Waals surface area contributed by atoms with Crippen LogP contribution in [-0.4, -0.2) is 29.1 Å². The summed E-state index contributed by atoms with van der Waals surface area (Å²) in [7, 11) is 0. The summed E-state index contributed by atoms with van der Waals surface area (Å²) in [5.74, 6) is 1.05. The maximum atomic E-state index is 12.6. The van der Waals surface area contributed by atoms with E-state index in [1.54, 1.807) is 6.92 Å². The Labute approximate surface area is 124 Å². The summed E-state index contributed by atoms with van der Waals surface area (Å²) in [5.41, 5.74) is 3.25. The van der Waals surface area contributed by atoms with Gasteiger partial charge in [-0.15, -0.1) is 0 Å². The van der Waals surface area contributed by atoms with E-state index in [0.29, 0.717) is 17.2 Å². The highest BCUT2D eigenvalue weighted by molar-refractivity contribution is 5.94. The summed E-state index contributed by atoms with van der Waals surface area (Å²) in [6.45, 7) is 5.50. The molecule has 1 aromatic carbocycles. The lowest BCUT2D eigenvalue weighted by molar-refractivity contribution is 0.0705. The Morgan fingerprint density at radius 2 is 2.14 bits per heavy atom. The van der Waals surface area contributed by atoms with Crippen LogP contribution in [-0.2, 0) is 0 Å². The molecule has 0 bridgehead atoms. The number of piperidine rings is 1. The standard InChI is InChI=1S/C17H20N2O2/c1-12-6-3-4-8-15(12)14-7-5-9-19(11-14)17(20)16-10-18-21-13(16)2/h3-4,6,8,10,14H,5,7,9,11H2,1-2H3. The minimum absolute atomic E-state index is 0.0343. The number of rotatable bonds is 2. The fourth-order valence-corrected chi connectivity index (χ4v) is 3.13. The van der Waals surface area contributed by atoms with Gasteiger partial charge in [-0.3, -0.25) is 4.79 Å². The molecule has 1 fully saturated rings. The molecule has 0 saturated carbocycles. The van der Waals surface area contributed by atoms with Gasteiger partial charge < -0.3 is 9.42 Å². The van der Waals surface area contributed by atoms with E-state index in [2.05, 4.69) is 36.3 Å². The van der Waals surface area contributed by atoms with Gasteiger partial charge >= 0.3 is 0 Å². The third-order valence-electron chi connectivity index (χ3n) is 4.32. The highest BCUT2D eigenvalue weighted by Gasteiger charge is 2.27. The van der Waals surface area contributed by atoms with Crippen molar-refractivity contribution in [1.82, 2.24) is 10.1 Å². The van der Waals surface area contributed by atoms with Gasteiger partial charge in [0.1, 0.15) is 11.3 Å². The second-order valence-corrected chi connectivity index (χ2v) is 5.74. The SMILES string of the molecule is Cc1ccccc1C1CCCN(C(=O)c2cnoc2C)C1. The van der Waals surface area contributed by atoms with Crippen LogP contribution < -0.4 is 0 Å². The molecular formula is C17H20N2O2. The lowest BCUT2D eigenvalue weighted by Gasteiger charge is -2.33. The minimum atomic E-state index is 0.0343. The van der Waals surface area contributed by atoms with Crippen LogP contribution in [0.3, 0.4) is 0 Å². The third-order valence-corrected chi connectivity index (χ3v) is 4.32. The Balaban J connectivity index is 1.79. The van der Waals surface area contributed by atoms with E-state index in [1.165, 1.54) is 17.3 Å². The molecule has 1 amide bonds. The van der Waals surface area contributed by atoms with Gasteiger partial charge in [-0.25, -0.2) is 0 Å². The predicted octanol–water partition coefficient (Wildman–Crippen LogP) is 3.31. The molecule has 0 spiro atoms. The molecule has 0 aliphatic carbocycles. The normalized spacial score (nSPS) is 18.8. The molecule has 1 atom stereocenters. The quantitative estimate of drug-likeness (QED) is 0.850. The van der Waals surface area contributed by atoms with E-state index < -0.39 is 0 Å². The highest BCUT2D eigenvalue weighted by atomic mass is 16.5. The van der Waals surface area contributed by atoms with Crippen molar-refractivity contribution in [2.24, 2.45) is 0 Å². The van der Waals surface area contributed by atoms with Crippen LogP contribution in [0.2, 0.25) is 0 Å². The zero-order chi connectivity index (χ0) is 14.8. The van der Waals surface area contributed by atoms with Crippen LogP contribution in [0.1, 0.15) is 46.0 Å². The van der Waals surface area contributed by atoms with Crippen molar-refractivity contribution in [3.8, 4) is 0 Å². The fraction of sp³-hybridized carbons (Fsp3) is 0.412. The van der Waals surface area contributed by atoms with Crippen LogP contribution >= 0.6 is 0 Å². The molecule has 1 aliphatic heterocycles. The van der Waals surface area contributed by atoms with Crippen molar-refractivity contribution in [3.05, 3.63) is 52.9 Å². The monoisotopic (exact) mass is 284 g/mol. The number of aryl methyl sites for hydroxylation is 2. The average Bonchev–Trinajstić information content (AvgIpc) is 2.93. The third kappa shape index (κ3) is 2.71. The first-order chi connectivity index (χ1) is 10.2. The van der Waals surface area contributed by atoms with E-state index in [-0.39, 0.29) is 5.91 Å². The van der Waals surface area contributed by atoms with E-state index in [9.17, 15) is 4.79 Å². The number of carbonyl (C=O) groups excluding carboxylic acids is 1.